The number of halogens is 1. The highest BCUT2D eigenvalue weighted by Crippen LogP contribution is 2.18. The molecule has 1 amide bonds. The number of hydrogen-bond donors (Lipinski definition) is 1. The summed E-state index contributed by atoms with van der Waals surface area (Å²) in [5.41, 5.74) is 0. The molecular formula is C12H16ClN3O3. The number of rotatable bonds is 4. The van der Waals surface area contributed by atoms with Gasteiger partial charge in [0.15, 0.2) is 0 Å². The molecule has 0 aromatic carbocycles. The topological polar surface area (TPSA) is 75.4 Å². The minimum Gasteiger partial charge on any atom is -0.481 e. The molecule has 0 bridgehead atoms. The van der Waals surface area contributed by atoms with Crippen LogP contribution in [0.4, 0.5) is 0 Å². The van der Waals surface area contributed by atoms with Gasteiger partial charge in [-0.1, -0.05) is 11.6 Å². The van der Waals surface area contributed by atoms with E-state index in [0.717, 1.165) is 0 Å². The quantitative estimate of drug-likeness (QED) is 0.903. The van der Waals surface area contributed by atoms with Crippen LogP contribution in [0, 0.1) is 5.92 Å². The van der Waals surface area contributed by atoms with E-state index in [1.54, 1.807) is 15.8 Å². The molecule has 0 spiro atoms. The highest BCUT2D eigenvalue weighted by Gasteiger charge is 2.26. The van der Waals surface area contributed by atoms with Crippen molar-refractivity contribution < 1.29 is 14.7 Å². The summed E-state index contributed by atoms with van der Waals surface area (Å²) in [5.74, 6) is -1.04. The Kier molecular flexibility index (Phi) is 4.42. The number of aliphatic carboxylic acids is 1. The van der Waals surface area contributed by atoms with Gasteiger partial charge >= 0.3 is 5.97 Å². The van der Waals surface area contributed by atoms with Crippen LogP contribution < -0.4 is 0 Å². The molecule has 1 aliphatic rings. The highest BCUT2D eigenvalue weighted by molar-refractivity contribution is 6.30. The number of amides is 1. The third-order valence-electron chi connectivity index (χ3n) is 3.35. The summed E-state index contributed by atoms with van der Waals surface area (Å²) in [6.07, 6.45) is 4.63. The van der Waals surface area contributed by atoms with E-state index in [4.69, 9.17) is 16.7 Å². The first-order valence-corrected chi connectivity index (χ1v) is 6.62. The molecule has 7 heteroatoms. The van der Waals surface area contributed by atoms with Gasteiger partial charge in [-0.15, -0.1) is 0 Å². The first-order chi connectivity index (χ1) is 9.06. The monoisotopic (exact) mass is 285 g/mol. The van der Waals surface area contributed by atoms with E-state index in [1.807, 2.05) is 0 Å². The first-order valence-electron chi connectivity index (χ1n) is 6.25. The second kappa shape index (κ2) is 6.06. The van der Waals surface area contributed by atoms with Gasteiger partial charge in [-0.25, -0.2) is 0 Å². The smallest absolute Gasteiger partial charge is 0.306 e. The highest BCUT2D eigenvalue weighted by atomic mass is 35.5. The molecule has 1 aromatic heterocycles. The number of carbonyl (C=O) groups is 2. The number of carboxylic acids is 1. The molecule has 0 atom stereocenters. The van der Waals surface area contributed by atoms with Gasteiger partial charge in [0, 0.05) is 32.3 Å². The summed E-state index contributed by atoms with van der Waals surface area (Å²) in [6, 6.07) is 0. The lowest BCUT2D eigenvalue weighted by atomic mass is 9.97. The average molecular weight is 286 g/mol. The predicted octanol–water partition coefficient (Wildman–Crippen LogP) is 1.25. The number of aryl methyl sites for hydroxylation is 1. The van der Waals surface area contributed by atoms with Crippen LogP contribution in [-0.2, 0) is 16.1 Å². The van der Waals surface area contributed by atoms with Crippen LogP contribution in [0.1, 0.15) is 19.3 Å². The Morgan fingerprint density at radius 3 is 2.63 bits per heavy atom. The Balaban J connectivity index is 1.77. The van der Waals surface area contributed by atoms with E-state index < -0.39 is 5.97 Å². The lowest BCUT2D eigenvalue weighted by Gasteiger charge is -2.30. The number of nitrogens with zero attached hydrogens (tertiary/aromatic N) is 3. The van der Waals surface area contributed by atoms with E-state index in [-0.39, 0.29) is 11.8 Å². The molecule has 2 heterocycles. The van der Waals surface area contributed by atoms with Crippen molar-refractivity contribution >= 4 is 23.5 Å². The van der Waals surface area contributed by atoms with Crippen molar-refractivity contribution in [2.24, 2.45) is 5.92 Å². The summed E-state index contributed by atoms with van der Waals surface area (Å²) in [7, 11) is 0. The number of hydrogen-bond acceptors (Lipinski definition) is 3. The van der Waals surface area contributed by atoms with E-state index in [1.165, 1.54) is 6.20 Å². The van der Waals surface area contributed by atoms with Crippen molar-refractivity contribution in [2.75, 3.05) is 13.1 Å². The summed E-state index contributed by atoms with van der Waals surface area (Å²) in [4.78, 5) is 24.5. The van der Waals surface area contributed by atoms with Crippen LogP contribution in [0.5, 0.6) is 0 Å². The SMILES string of the molecule is O=C(O)C1CCN(C(=O)CCn2cc(Cl)cn2)CC1. The summed E-state index contributed by atoms with van der Waals surface area (Å²) < 4.78 is 1.63. The fraction of sp³-hybridized carbons (Fsp3) is 0.583. The Morgan fingerprint density at radius 2 is 2.11 bits per heavy atom. The summed E-state index contributed by atoms with van der Waals surface area (Å²) in [5, 5.41) is 13.4. The van der Waals surface area contributed by atoms with Crippen LogP contribution in [0.3, 0.4) is 0 Å². The van der Waals surface area contributed by atoms with Gasteiger partial charge in [-0.2, -0.15) is 5.10 Å². The Morgan fingerprint density at radius 1 is 1.42 bits per heavy atom. The molecule has 0 aliphatic carbocycles. The minimum atomic E-state index is -0.765. The van der Waals surface area contributed by atoms with Gasteiger partial charge in [0.2, 0.25) is 5.91 Å². The second-order valence-electron chi connectivity index (χ2n) is 4.66. The number of likely N-dealkylation sites (tertiary alicyclic amines) is 1. The summed E-state index contributed by atoms with van der Waals surface area (Å²) >= 11 is 5.74. The fourth-order valence-electron chi connectivity index (χ4n) is 2.20. The van der Waals surface area contributed by atoms with Crippen LogP contribution >= 0.6 is 11.6 Å². The largest absolute Gasteiger partial charge is 0.481 e. The normalized spacial score (nSPS) is 16.6. The van der Waals surface area contributed by atoms with Gasteiger partial charge in [-0.3, -0.25) is 14.3 Å². The number of piperidine rings is 1. The fourth-order valence-corrected chi connectivity index (χ4v) is 2.36. The van der Waals surface area contributed by atoms with Crippen molar-refractivity contribution in [1.29, 1.82) is 0 Å². The van der Waals surface area contributed by atoms with Crippen LogP contribution in [0.15, 0.2) is 12.4 Å². The minimum absolute atomic E-state index is 0.0375. The Labute approximate surface area is 115 Å². The van der Waals surface area contributed by atoms with Gasteiger partial charge in [0.25, 0.3) is 0 Å². The van der Waals surface area contributed by atoms with Crippen LogP contribution in [0.25, 0.3) is 0 Å². The Hall–Kier alpha value is -1.56. The zero-order chi connectivity index (χ0) is 13.8. The molecule has 0 saturated carbocycles. The van der Waals surface area contributed by atoms with Gasteiger partial charge in [0.05, 0.1) is 17.1 Å². The first kappa shape index (κ1) is 13.9. The van der Waals surface area contributed by atoms with Crippen LogP contribution in [0.2, 0.25) is 5.02 Å². The molecule has 1 aliphatic heterocycles. The second-order valence-corrected chi connectivity index (χ2v) is 5.10. The van der Waals surface area contributed by atoms with Gasteiger partial charge in [-0.05, 0) is 12.8 Å². The molecular weight excluding hydrogens is 270 g/mol. The van der Waals surface area contributed by atoms with Gasteiger partial charge < -0.3 is 10.0 Å². The number of carbonyl (C=O) groups excluding carboxylic acids is 1. The zero-order valence-corrected chi connectivity index (χ0v) is 11.2. The van der Waals surface area contributed by atoms with E-state index in [0.29, 0.717) is 43.9 Å². The van der Waals surface area contributed by atoms with Crippen molar-refractivity contribution in [3.8, 4) is 0 Å². The molecule has 6 nitrogen and oxygen atoms in total. The van der Waals surface area contributed by atoms with E-state index in [9.17, 15) is 9.59 Å². The third kappa shape index (κ3) is 3.70. The molecule has 1 saturated heterocycles. The Bertz CT molecular complexity index is 467. The zero-order valence-electron chi connectivity index (χ0n) is 10.5. The molecule has 19 heavy (non-hydrogen) atoms. The lowest BCUT2D eigenvalue weighted by Crippen LogP contribution is -2.40. The molecule has 1 N–H and O–H groups in total. The average Bonchev–Trinajstić information content (AvgIpc) is 2.82. The third-order valence-corrected chi connectivity index (χ3v) is 3.55. The molecule has 1 aromatic rings. The number of carboxylic acid groups (broad SMARTS) is 1. The predicted molar refractivity (Wildman–Crippen MR) is 68.8 cm³/mol. The molecule has 0 unspecified atom stereocenters. The standard InChI is InChI=1S/C12H16ClN3O3/c13-10-7-14-16(8-10)6-3-11(17)15-4-1-9(2-5-15)12(18)19/h7-9H,1-6H2,(H,18,19). The lowest BCUT2D eigenvalue weighted by molar-refractivity contribution is -0.145. The van der Waals surface area contributed by atoms with E-state index in [2.05, 4.69) is 5.10 Å². The number of aromatic nitrogens is 2. The maximum atomic E-state index is 12.0. The summed E-state index contributed by atoms with van der Waals surface area (Å²) in [6.45, 7) is 1.54. The molecule has 2 rings (SSSR count). The molecule has 104 valence electrons. The maximum Gasteiger partial charge on any atom is 0.306 e. The molecule has 1 fully saturated rings. The van der Waals surface area contributed by atoms with Gasteiger partial charge in [0.1, 0.15) is 0 Å². The van der Waals surface area contributed by atoms with E-state index >= 15 is 0 Å². The van der Waals surface area contributed by atoms with Crippen molar-refractivity contribution in [1.82, 2.24) is 14.7 Å². The van der Waals surface area contributed by atoms with Crippen molar-refractivity contribution in [2.45, 2.75) is 25.8 Å². The van der Waals surface area contributed by atoms with Crippen molar-refractivity contribution in [3.63, 3.8) is 0 Å². The maximum absolute atomic E-state index is 12.0. The van der Waals surface area contributed by atoms with Crippen LogP contribution in [-0.4, -0.2) is 44.8 Å². The van der Waals surface area contributed by atoms with Crippen molar-refractivity contribution in [3.05, 3.63) is 17.4 Å². The molecule has 0 radical (unpaired) electrons.